The number of carbonyl (C=O) groups excluding carboxylic acids is 1. The Morgan fingerprint density at radius 3 is 2.72 bits per heavy atom. The summed E-state index contributed by atoms with van der Waals surface area (Å²) < 4.78 is 5.38. The van der Waals surface area contributed by atoms with Crippen molar-refractivity contribution >= 4 is 27.7 Å². The Morgan fingerprint density at radius 1 is 1.11 bits per heavy atom. The van der Waals surface area contributed by atoms with Crippen LogP contribution in [0.1, 0.15) is 33.3 Å². The Bertz CT molecular complexity index is 1530. The molecule has 182 valence electrons. The highest BCUT2D eigenvalue weighted by Gasteiger charge is 2.23. The summed E-state index contributed by atoms with van der Waals surface area (Å²) in [6.07, 6.45) is 1.90. The van der Waals surface area contributed by atoms with E-state index in [0.717, 1.165) is 44.9 Å². The Labute approximate surface area is 208 Å². The lowest BCUT2D eigenvalue weighted by Crippen LogP contribution is -2.40. The topological polar surface area (TPSA) is 119 Å². The molecule has 0 radical (unpaired) electrons. The zero-order valence-corrected chi connectivity index (χ0v) is 19.8. The van der Waals surface area contributed by atoms with Gasteiger partial charge in [-0.3, -0.25) is 4.79 Å². The molecule has 1 unspecified atom stereocenters. The molecule has 2 aliphatic rings. The molecule has 0 spiro atoms. The SMILES string of the molecule is N#CN1CCc2c(cccc2-c2ccc(C(N)O)c3[nH]c4cc(C(=O)N5CCOCC5)ccc4c23)C1. The number of morpholine rings is 1. The summed E-state index contributed by atoms with van der Waals surface area (Å²) in [6, 6.07) is 15.8. The first-order valence-corrected chi connectivity index (χ1v) is 12.2. The molecule has 3 heterocycles. The van der Waals surface area contributed by atoms with Crippen LogP contribution >= 0.6 is 0 Å². The summed E-state index contributed by atoms with van der Waals surface area (Å²) in [5.74, 6) is -0.0164. The maximum absolute atomic E-state index is 13.1. The molecular formula is C28H27N5O3. The fraction of sp³-hybridized carbons (Fsp3) is 0.286. The van der Waals surface area contributed by atoms with Crippen molar-refractivity contribution < 1.29 is 14.6 Å². The van der Waals surface area contributed by atoms with Crippen molar-refractivity contribution in [2.75, 3.05) is 32.8 Å². The van der Waals surface area contributed by atoms with E-state index in [2.05, 4.69) is 23.3 Å². The van der Waals surface area contributed by atoms with E-state index in [4.69, 9.17) is 10.5 Å². The standard InChI is InChI=1S/C28H27N5O3/c29-16-32-9-8-19-18(15-32)2-1-3-20(19)21-6-7-23(27(30)34)26-25(21)22-5-4-17(14-24(22)31-26)28(35)33-10-12-36-13-11-33/h1-7,14,27,31,34H,8-13,15,30H2. The van der Waals surface area contributed by atoms with Crippen LogP contribution in [0.15, 0.2) is 48.5 Å². The molecule has 0 aliphatic carbocycles. The van der Waals surface area contributed by atoms with Crippen LogP contribution in [0.25, 0.3) is 32.9 Å². The molecule has 4 N–H and O–H groups in total. The van der Waals surface area contributed by atoms with Crippen LogP contribution in [0.2, 0.25) is 0 Å². The monoisotopic (exact) mass is 481 g/mol. The number of hydrogen-bond acceptors (Lipinski definition) is 6. The second-order valence-corrected chi connectivity index (χ2v) is 9.40. The van der Waals surface area contributed by atoms with Crippen LogP contribution < -0.4 is 5.73 Å². The number of aromatic nitrogens is 1. The summed E-state index contributed by atoms with van der Waals surface area (Å²) in [6.45, 7) is 3.55. The van der Waals surface area contributed by atoms with Gasteiger partial charge in [-0.15, -0.1) is 0 Å². The molecule has 0 bridgehead atoms. The average Bonchev–Trinajstić information content (AvgIpc) is 3.30. The van der Waals surface area contributed by atoms with E-state index in [1.165, 1.54) is 5.56 Å². The minimum absolute atomic E-state index is 0.0164. The first-order valence-electron chi connectivity index (χ1n) is 12.2. The Morgan fingerprint density at radius 2 is 1.94 bits per heavy atom. The maximum atomic E-state index is 13.1. The number of nitriles is 1. The van der Waals surface area contributed by atoms with Crippen molar-refractivity contribution in [3.63, 3.8) is 0 Å². The normalized spacial score (nSPS) is 16.7. The summed E-state index contributed by atoms with van der Waals surface area (Å²) in [5, 5.41) is 21.6. The largest absolute Gasteiger partial charge is 0.378 e. The molecule has 0 saturated carbocycles. The number of ether oxygens (including phenoxy) is 1. The van der Waals surface area contributed by atoms with Crippen molar-refractivity contribution in [1.82, 2.24) is 14.8 Å². The lowest BCUT2D eigenvalue weighted by molar-refractivity contribution is 0.0303. The second-order valence-electron chi connectivity index (χ2n) is 9.40. The van der Waals surface area contributed by atoms with Gasteiger partial charge in [0.25, 0.3) is 5.91 Å². The average molecular weight is 482 g/mol. The van der Waals surface area contributed by atoms with Crippen LogP contribution in [-0.4, -0.2) is 58.6 Å². The van der Waals surface area contributed by atoms with Gasteiger partial charge in [-0.05, 0) is 40.8 Å². The van der Waals surface area contributed by atoms with Crippen LogP contribution in [0.3, 0.4) is 0 Å². The summed E-state index contributed by atoms with van der Waals surface area (Å²) in [5.41, 5.74) is 13.3. The third-order valence-corrected chi connectivity index (χ3v) is 7.35. The van der Waals surface area contributed by atoms with E-state index < -0.39 is 6.23 Å². The molecule has 8 heteroatoms. The van der Waals surface area contributed by atoms with Crippen LogP contribution in [-0.2, 0) is 17.7 Å². The number of rotatable bonds is 3. The van der Waals surface area contributed by atoms with E-state index >= 15 is 0 Å². The zero-order chi connectivity index (χ0) is 24.8. The zero-order valence-electron chi connectivity index (χ0n) is 19.8. The number of hydrogen-bond donors (Lipinski definition) is 3. The first-order chi connectivity index (χ1) is 17.5. The molecule has 3 aromatic carbocycles. The van der Waals surface area contributed by atoms with E-state index in [9.17, 15) is 15.2 Å². The lowest BCUT2D eigenvalue weighted by atomic mass is 9.88. The summed E-state index contributed by atoms with van der Waals surface area (Å²) in [4.78, 5) is 20.1. The number of aromatic amines is 1. The van der Waals surface area contributed by atoms with Crippen molar-refractivity contribution in [2.24, 2.45) is 5.73 Å². The number of amides is 1. The smallest absolute Gasteiger partial charge is 0.254 e. The molecular weight excluding hydrogens is 454 g/mol. The van der Waals surface area contributed by atoms with Gasteiger partial charge in [0.05, 0.1) is 25.3 Å². The van der Waals surface area contributed by atoms with Gasteiger partial charge in [-0.2, -0.15) is 5.26 Å². The first kappa shape index (κ1) is 22.6. The summed E-state index contributed by atoms with van der Waals surface area (Å²) in [7, 11) is 0. The molecule has 8 nitrogen and oxygen atoms in total. The van der Waals surface area contributed by atoms with Gasteiger partial charge in [0.2, 0.25) is 0 Å². The fourth-order valence-corrected chi connectivity index (χ4v) is 5.53. The molecule has 2 aliphatic heterocycles. The van der Waals surface area contributed by atoms with E-state index in [1.807, 2.05) is 41.3 Å². The number of nitrogens with two attached hydrogens (primary N) is 1. The number of nitrogens with one attached hydrogen (secondary N) is 1. The highest BCUT2D eigenvalue weighted by atomic mass is 16.5. The Balaban J connectivity index is 1.53. The van der Waals surface area contributed by atoms with Gasteiger partial charge in [0.1, 0.15) is 6.23 Å². The van der Waals surface area contributed by atoms with Crippen LogP contribution in [0, 0.1) is 11.5 Å². The fourth-order valence-electron chi connectivity index (χ4n) is 5.53. The maximum Gasteiger partial charge on any atom is 0.254 e. The molecule has 4 aromatic rings. The van der Waals surface area contributed by atoms with Crippen LogP contribution in [0.5, 0.6) is 0 Å². The summed E-state index contributed by atoms with van der Waals surface area (Å²) >= 11 is 0. The Kier molecular flexibility index (Phi) is 5.61. The molecule has 1 fully saturated rings. The predicted octanol–water partition coefficient (Wildman–Crippen LogP) is 3.25. The van der Waals surface area contributed by atoms with Gasteiger partial charge in [-0.1, -0.05) is 36.4 Å². The van der Waals surface area contributed by atoms with Gasteiger partial charge in [0, 0.05) is 47.1 Å². The predicted molar refractivity (Wildman–Crippen MR) is 137 cm³/mol. The number of aliphatic hydroxyl groups excluding tert-OH is 1. The highest BCUT2D eigenvalue weighted by Crippen LogP contribution is 2.40. The van der Waals surface area contributed by atoms with Gasteiger partial charge in [-0.25, -0.2) is 0 Å². The quantitative estimate of drug-likeness (QED) is 0.305. The highest BCUT2D eigenvalue weighted by molar-refractivity contribution is 6.16. The molecule has 1 aromatic heterocycles. The van der Waals surface area contributed by atoms with Crippen molar-refractivity contribution in [3.05, 3.63) is 70.8 Å². The molecule has 1 saturated heterocycles. The molecule has 36 heavy (non-hydrogen) atoms. The number of nitrogens with zero attached hydrogens (tertiary/aromatic N) is 3. The number of aliphatic hydroxyl groups is 1. The van der Waals surface area contributed by atoms with E-state index in [-0.39, 0.29) is 5.91 Å². The third-order valence-electron chi connectivity index (χ3n) is 7.35. The number of carbonyl (C=O) groups is 1. The molecule has 1 amide bonds. The molecule has 6 rings (SSSR count). The third kappa shape index (κ3) is 3.69. The minimum atomic E-state index is -1.14. The van der Waals surface area contributed by atoms with Gasteiger partial charge < -0.3 is 30.4 Å². The number of benzene rings is 3. The van der Waals surface area contributed by atoms with E-state index in [1.54, 1.807) is 4.90 Å². The number of fused-ring (bicyclic) bond motifs is 4. The Hall–Kier alpha value is -3.90. The van der Waals surface area contributed by atoms with Crippen LogP contribution in [0.4, 0.5) is 0 Å². The van der Waals surface area contributed by atoms with Crippen molar-refractivity contribution in [3.8, 4) is 17.3 Å². The molecule has 1 atom stereocenters. The minimum Gasteiger partial charge on any atom is -0.378 e. The number of H-pyrrole nitrogens is 1. The van der Waals surface area contributed by atoms with Gasteiger partial charge >= 0.3 is 0 Å². The van der Waals surface area contributed by atoms with E-state index in [0.29, 0.717) is 50.5 Å². The second kappa shape index (κ2) is 8.95. The lowest BCUT2D eigenvalue weighted by Gasteiger charge is -2.27. The van der Waals surface area contributed by atoms with Crippen molar-refractivity contribution in [1.29, 1.82) is 5.26 Å². The van der Waals surface area contributed by atoms with Gasteiger partial charge in [0.15, 0.2) is 6.19 Å². The van der Waals surface area contributed by atoms with Crippen molar-refractivity contribution in [2.45, 2.75) is 19.2 Å².